The molecule has 1 aromatic carbocycles. The number of H-pyrrole nitrogens is 1. The molecule has 0 aliphatic carbocycles. The molecule has 8 heteroatoms. The standard InChI is InChI=1S/C21H22F2N4O2/c1-11-12(2)25-19-16(11)7-18(21(28)27-9-15(10-27)29-3)26-20(19)24-8-13-4-5-14(22)6-17(13)23/h4-7,15,25H,8-10H2,1-3H3,(H,24,26). The van der Waals surface area contributed by atoms with Gasteiger partial charge >= 0.3 is 0 Å². The number of ether oxygens (including phenoxy) is 1. The highest BCUT2D eigenvalue weighted by atomic mass is 19.1. The Labute approximate surface area is 166 Å². The summed E-state index contributed by atoms with van der Waals surface area (Å²) >= 11 is 0. The van der Waals surface area contributed by atoms with Crippen molar-refractivity contribution >= 4 is 22.6 Å². The summed E-state index contributed by atoms with van der Waals surface area (Å²) in [5.74, 6) is -0.978. The second-order valence-electron chi connectivity index (χ2n) is 7.31. The number of rotatable bonds is 5. The molecule has 2 N–H and O–H groups in total. The van der Waals surface area contributed by atoms with Crippen LogP contribution in [-0.2, 0) is 11.3 Å². The highest BCUT2D eigenvalue weighted by Crippen LogP contribution is 2.29. The van der Waals surface area contributed by atoms with Gasteiger partial charge in [-0.25, -0.2) is 13.8 Å². The minimum atomic E-state index is -0.633. The maximum Gasteiger partial charge on any atom is 0.272 e. The van der Waals surface area contributed by atoms with Gasteiger partial charge in [0.15, 0.2) is 5.82 Å². The van der Waals surface area contributed by atoms with Gasteiger partial charge in [0.05, 0.1) is 11.6 Å². The van der Waals surface area contributed by atoms with Gasteiger partial charge in [0.1, 0.15) is 17.3 Å². The van der Waals surface area contributed by atoms with Crippen LogP contribution in [0.1, 0.15) is 27.3 Å². The number of halogens is 2. The van der Waals surface area contributed by atoms with Gasteiger partial charge in [-0.1, -0.05) is 6.07 Å². The van der Waals surface area contributed by atoms with Crippen molar-refractivity contribution in [1.82, 2.24) is 14.9 Å². The second kappa shape index (κ2) is 7.44. The first kappa shape index (κ1) is 19.3. The number of likely N-dealkylation sites (tertiary alicyclic amines) is 1. The molecule has 1 amide bonds. The van der Waals surface area contributed by atoms with Crippen LogP contribution in [0, 0.1) is 25.5 Å². The highest BCUT2D eigenvalue weighted by molar-refractivity contribution is 6.01. The average Bonchev–Trinajstić information content (AvgIpc) is 2.94. The van der Waals surface area contributed by atoms with Gasteiger partial charge in [-0.2, -0.15) is 0 Å². The van der Waals surface area contributed by atoms with E-state index in [9.17, 15) is 13.6 Å². The molecule has 4 rings (SSSR count). The van der Waals surface area contributed by atoms with Crippen molar-refractivity contribution in [3.63, 3.8) is 0 Å². The molecule has 1 saturated heterocycles. The Bertz CT molecular complexity index is 1090. The van der Waals surface area contributed by atoms with Gasteiger partial charge in [-0.05, 0) is 31.5 Å². The number of carbonyl (C=O) groups excluding carboxylic acids is 1. The SMILES string of the molecule is COC1CN(C(=O)c2cc3c(C)c(C)[nH]c3c(NCc3ccc(F)cc3F)n2)C1. The predicted molar refractivity (Wildman–Crippen MR) is 106 cm³/mol. The number of methoxy groups -OCH3 is 1. The third kappa shape index (κ3) is 3.55. The Balaban J connectivity index is 1.66. The lowest BCUT2D eigenvalue weighted by molar-refractivity contribution is -0.0194. The second-order valence-corrected chi connectivity index (χ2v) is 7.31. The van der Waals surface area contributed by atoms with Crippen molar-refractivity contribution in [3.05, 3.63) is 58.4 Å². The topological polar surface area (TPSA) is 70.2 Å². The lowest BCUT2D eigenvalue weighted by Gasteiger charge is -2.37. The van der Waals surface area contributed by atoms with E-state index >= 15 is 0 Å². The Morgan fingerprint density at radius 2 is 2.07 bits per heavy atom. The zero-order valence-corrected chi connectivity index (χ0v) is 16.5. The summed E-state index contributed by atoms with van der Waals surface area (Å²) in [6.45, 7) is 5.08. The Morgan fingerprint density at radius 1 is 1.31 bits per heavy atom. The molecular weight excluding hydrogens is 378 g/mol. The lowest BCUT2D eigenvalue weighted by Crippen LogP contribution is -2.54. The Hall–Kier alpha value is -3.00. The molecular formula is C21H22F2N4O2. The number of aromatic nitrogens is 2. The molecule has 0 unspecified atom stereocenters. The summed E-state index contributed by atoms with van der Waals surface area (Å²) in [7, 11) is 1.62. The van der Waals surface area contributed by atoms with Crippen LogP contribution in [0.25, 0.3) is 10.9 Å². The molecule has 152 valence electrons. The van der Waals surface area contributed by atoms with E-state index in [1.807, 2.05) is 13.8 Å². The third-order valence-electron chi connectivity index (χ3n) is 5.45. The van der Waals surface area contributed by atoms with Crippen molar-refractivity contribution in [2.24, 2.45) is 0 Å². The zero-order valence-electron chi connectivity index (χ0n) is 16.5. The summed E-state index contributed by atoms with van der Waals surface area (Å²) in [5, 5.41) is 3.98. The molecule has 29 heavy (non-hydrogen) atoms. The van der Waals surface area contributed by atoms with Crippen LogP contribution in [0.2, 0.25) is 0 Å². The molecule has 6 nitrogen and oxygen atoms in total. The van der Waals surface area contributed by atoms with E-state index in [0.717, 1.165) is 28.2 Å². The number of hydrogen-bond donors (Lipinski definition) is 2. The fourth-order valence-electron chi connectivity index (χ4n) is 3.45. The number of nitrogens with zero attached hydrogens (tertiary/aromatic N) is 2. The normalized spacial score (nSPS) is 14.3. The van der Waals surface area contributed by atoms with Gasteiger partial charge < -0.3 is 19.9 Å². The molecule has 1 aliphatic rings. The molecule has 0 radical (unpaired) electrons. The summed E-state index contributed by atoms with van der Waals surface area (Å²) in [5.41, 5.74) is 3.36. The van der Waals surface area contributed by atoms with Crippen molar-refractivity contribution in [2.45, 2.75) is 26.5 Å². The number of aromatic amines is 1. The van der Waals surface area contributed by atoms with E-state index in [4.69, 9.17) is 4.74 Å². The highest BCUT2D eigenvalue weighted by Gasteiger charge is 2.32. The molecule has 2 aromatic heterocycles. The fourth-order valence-corrected chi connectivity index (χ4v) is 3.45. The van der Waals surface area contributed by atoms with E-state index in [1.54, 1.807) is 18.1 Å². The Kier molecular flexibility index (Phi) is 4.96. The quantitative estimate of drug-likeness (QED) is 0.687. The minimum Gasteiger partial charge on any atom is -0.378 e. The van der Waals surface area contributed by atoms with Crippen LogP contribution in [0.15, 0.2) is 24.3 Å². The van der Waals surface area contributed by atoms with Crippen LogP contribution in [0.3, 0.4) is 0 Å². The van der Waals surface area contributed by atoms with Crippen molar-refractivity contribution in [3.8, 4) is 0 Å². The number of hydrogen-bond acceptors (Lipinski definition) is 4. The molecule has 3 aromatic rings. The summed E-state index contributed by atoms with van der Waals surface area (Å²) in [6, 6.07) is 5.22. The molecule has 0 saturated carbocycles. The number of pyridine rings is 1. The number of fused-ring (bicyclic) bond motifs is 1. The maximum atomic E-state index is 14.0. The fraction of sp³-hybridized carbons (Fsp3) is 0.333. The molecule has 1 fully saturated rings. The van der Waals surface area contributed by atoms with Crippen molar-refractivity contribution in [1.29, 1.82) is 0 Å². The molecule has 1 aliphatic heterocycles. The summed E-state index contributed by atoms with van der Waals surface area (Å²) in [6.07, 6.45) is 0.0537. The van der Waals surface area contributed by atoms with E-state index in [-0.39, 0.29) is 18.6 Å². The van der Waals surface area contributed by atoms with Gasteiger partial charge in [0.25, 0.3) is 5.91 Å². The average molecular weight is 400 g/mol. The first-order valence-corrected chi connectivity index (χ1v) is 9.37. The molecule has 0 spiro atoms. The number of carbonyl (C=O) groups is 1. The van der Waals surface area contributed by atoms with Gasteiger partial charge in [0, 0.05) is 49.5 Å². The van der Waals surface area contributed by atoms with Crippen LogP contribution in [-0.4, -0.2) is 47.1 Å². The predicted octanol–water partition coefficient (Wildman–Crippen LogP) is 3.54. The smallest absolute Gasteiger partial charge is 0.272 e. The molecule has 0 atom stereocenters. The third-order valence-corrected chi connectivity index (χ3v) is 5.45. The van der Waals surface area contributed by atoms with Gasteiger partial charge in [-0.3, -0.25) is 4.79 Å². The van der Waals surface area contributed by atoms with Gasteiger partial charge in [0.2, 0.25) is 0 Å². The number of benzene rings is 1. The van der Waals surface area contributed by atoms with Crippen LogP contribution in [0.5, 0.6) is 0 Å². The lowest BCUT2D eigenvalue weighted by atomic mass is 10.1. The van der Waals surface area contributed by atoms with E-state index in [0.29, 0.717) is 30.2 Å². The van der Waals surface area contributed by atoms with Crippen LogP contribution in [0.4, 0.5) is 14.6 Å². The van der Waals surface area contributed by atoms with Crippen LogP contribution >= 0.6 is 0 Å². The number of nitrogens with one attached hydrogen (secondary N) is 2. The maximum absolute atomic E-state index is 14.0. The number of anilines is 1. The summed E-state index contributed by atoms with van der Waals surface area (Å²) < 4.78 is 32.4. The van der Waals surface area contributed by atoms with Crippen molar-refractivity contribution < 1.29 is 18.3 Å². The zero-order chi connectivity index (χ0) is 20.7. The van der Waals surface area contributed by atoms with E-state index in [2.05, 4.69) is 15.3 Å². The van der Waals surface area contributed by atoms with E-state index in [1.165, 1.54) is 12.1 Å². The largest absolute Gasteiger partial charge is 0.378 e. The number of aryl methyl sites for hydroxylation is 2. The first-order valence-electron chi connectivity index (χ1n) is 9.37. The van der Waals surface area contributed by atoms with E-state index < -0.39 is 11.6 Å². The Morgan fingerprint density at radius 3 is 2.76 bits per heavy atom. The minimum absolute atomic E-state index is 0.0537. The number of amides is 1. The molecule has 0 bridgehead atoms. The molecule has 3 heterocycles. The first-order chi connectivity index (χ1) is 13.9. The van der Waals surface area contributed by atoms with Crippen molar-refractivity contribution in [2.75, 3.05) is 25.5 Å². The summed E-state index contributed by atoms with van der Waals surface area (Å²) in [4.78, 5) is 22.3. The monoisotopic (exact) mass is 400 g/mol. The van der Waals surface area contributed by atoms with Gasteiger partial charge in [-0.15, -0.1) is 0 Å². The van der Waals surface area contributed by atoms with Crippen LogP contribution < -0.4 is 5.32 Å².